The summed E-state index contributed by atoms with van der Waals surface area (Å²) in [5.74, 6) is -2.96. The number of carboxylic acid groups (broad SMARTS) is 1. The number of rotatable bonds is 4. The van der Waals surface area contributed by atoms with Crippen molar-refractivity contribution in [2.24, 2.45) is 11.5 Å². The zero-order valence-corrected chi connectivity index (χ0v) is 8.81. The standard InChI is InChI=1S/C10H12FN3O3/c11-6-1-3-7(4-2-6)14-8(15)10(13,5-12)9(16)17/h1-4H,5,12-13H2,(H,14,15)(H,16,17). The highest BCUT2D eigenvalue weighted by molar-refractivity contribution is 6.12. The third-order valence-electron chi connectivity index (χ3n) is 2.21. The topological polar surface area (TPSA) is 118 Å². The molecule has 7 heteroatoms. The van der Waals surface area contributed by atoms with E-state index in [0.717, 1.165) is 12.1 Å². The lowest BCUT2D eigenvalue weighted by molar-refractivity contribution is -0.146. The molecule has 1 rings (SSSR count). The van der Waals surface area contributed by atoms with Gasteiger partial charge in [-0.15, -0.1) is 0 Å². The van der Waals surface area contributed by atoms with Crippen LogP contribution in [0.2, 0.25) is 0 Å². The first-order valence-corrected chi connectivity index (χ1v) is 4.69. The molecule has 0 saturated carbocycles. The summed E-state index contributed by atoms with van der Waals surface area (Å²) in [6.45, 7) is -0.546. The Bertz CT molecular complexity index is 435. The number of nitrogens with one attached hydrogen (secondary N) is 1. The molecule has 1 aromatic rings. The second-order valence-electron chi connectivity index (χ2n) is 3.44. The maximum absolute atomic E-state index is 12.6. The quantitative estimate of drug-likeness (QED) is 0.530. The van der Waals surface area contributed by atoms with Crippen molar-refractivity contribution in [2.75, 3.05) is 11.9 Å². The lowest BCUT2D eigenvalue weighted by Gasteiger charge is -2.21. The molecular weight excluding hydrogens is 229 g/mol. The summed E-state index contributed by atoms with van der Waals surface area (Å²) in [5.41, 5.74) is 8.55. The molecule has 0 radical (unpaired) electrons. The van der Waals surface area contributed by atoms with E-state index in [-0.39, 0.29) is 5.69 Å². The second kappa shape index (κ2) is 4.89. The van der Waals surface area contributed by atoms with E-state index >= 15 is 0 Å². The summed E-state index contributed by atoms with van der Waals surface area (Å²) in [4.78, 5) is 22.4. The lowest BCUT2D eigenvalue weighted by Crippen LogP contribution is -2.62. The zero-order valence-electron chi connectivity index (χ0n) is 8.81. The summed E-state index contributed by atoms with van der Waals surface area (Å²) in [6.07, 6.45) is 0. The van der Waals surface area contributed by atoms with Crippen LogP contribution < -0.4 is 16.8 Å². The molecule has 0 aliphatic carbocycles. The van der Waals surface area contributed by atoms with Crippen molar-refractivity contribution in [1.82, 2.24) is 0 Å². The SMILES string of the molecule is NCC(N)(C(=O)O)C(=O)Nc1ccc(F)cc1. The number of nitrogens with two attached hydrogens (primary N) is 2. The van der Waals surface area contributed by atoms with Crippen LogP contribution in [0.25, 0.3) is 0 Å². The number of benzene rings is 1. The highest BCUT2D eigenvalue weighted by atomic mass is 19.1. The van der Waals surface area contributed by atoms with Gasteiger partial charge in [-0.3, -0.25) is 4.79 Å². The molecule has 6 N–H and O–H groups in total. The first-order valence-electron chi connectivity index (χ1n) is 4.69. The molecule has 0 saturated heterocycles. The maximum Gasteiger partial charge on any atom is 0.334 e. The van der Waals surface area contributed by atoms with E-state index in [2.05, 4.69) is 5.32 Å². The van der Waals surface area contributed by atoms with Gasteiger partial charge in [-0.25, -0.2) is 9.18 Å². The average molecular weight is 241 g/mol. The van der Waals surface area contributed by atoms with Crippen molar-refractivity contribution in [3.05, 3.63) is 30.1 Å². The molecule has 0 heterocycles. The largest absolute Gasteiger partial charge is 0.479 e. The second-order valence-corrected chi connectivity index (χ2v) is 3.44. The minimum atomic E-state index is -2.20. The van der Waals surface area contributed by atoms with Gasteiger partial charge in [-0.05, 0) is 24.3 Å². The van der Waals surface area contributed by atoms with Gasteiger partial charge in [0.25, 0.3) is 5.91 Å². The number of anilines is 1. The van der Waals surface area contributed by atoms with Crippen molar-refractivity contribution in [2.45, 2.75) is 5.54 Å². The highest BCUT2D eigenvalue weighted by Crippen LogP contribution is 2.10. The van der Waals surface area contributed by atoms with E-state index < -0.39 is 29.8 Å². The van der Waals surface area contributed by atoms with Crippen LogP contribution in [0.3, 0.4) is 0 Å². The average Bonchev–Trinajstić information content (AvgIpc) is 2.30. The monoisotopic (exact) mass is 241 g/mol. The van der Waals surface area contributed by atoms with Gasteiger partial charge in [0.15, 0.2) is 0 Å². The van der Waals surface area contributed by atoms with Crippen LogP contribution in [0.4, 0.5) is 10.1 Å². The van der Waals surface area contributed by atoms with Crippen LogP contribution in [0.5, 0.6) is 0 Å². The van der Waals surface area contributed by atoms with Gasteiger partial charge in [0.1, 0.15) is 5.82 Å². The Morgan fingerprint density at radius 2 is 1.88 bits per heavy atom. The van der Waals surface area contributed by atoms with Gasteiger partial charge < -0.3 is 21.9 Å². The van der Waals surface area contributed by atoms with Gasteiger partial charge in [0.05, 0.1) is 0 Å². The van der Waals surface area contributed by atoms with Crippen LogP contribution >= 0.6 is 0 Å². The van der Waals surface area contributed by atoms with Crippen LogP contribution in [0, 0.1) is 5.82 Å². The Labute approximate surface area is 96.4 Å². The number of amides is 1. The van der Waals surface area contributed by atoms with Gasteiger partial charge in [0.2, 0.25) is 5.54 Å². The van der Waals surface area contributed by atoms with E-state index in [1.165, 1.54) is 12.1 Å². The van der Waals surface area contributed by atoms with E-state index in [4.69, 9.17) is 16.6 Å². The molecule has 92 valence electrons. The Hall–Kier alpha value is -1.99. The highest BCUT2D eigenvalue weighted by Gasteiger charge is 2.41. The number of carbonyl (C=O) groups excluding carboxylic acids is 1. The number of carboxylic acids is 1. The third-order valence-corrected chi connectivity index (χ3v) is 2.21. The number of hydrogen-bond acceptors (Lipinski definition) is 4. The normalized spacial score (nSPS) is 13.8. The van der Waals surface area contributed by atoms with Gasteiger partial charge >= 0.3 is 5.97 Å². The Kier molecular flexibility index (Phi) is 3.77. The molecule has 1 unspecified atom stereocenters. The van der Waals surface area contributed by atoms with Crippen molar-refractivity contribution in [1.29, 1.82) is 0 Å². The fourth-order valence-corrected chi connectivity index (χ4v) is 1.05. The number of aliphatic carboxylic acids is 1. The molecule has 0 bridgehead atoms. The van der Waals surface area contributed by atoms with Crippen LogP contribution in [0.1, 0.15) is 0 Å². The number of hydrogen-bond donors (Lipinski definition) is 4. The van der Waals surface area contributed by atoms with Crippen LogP contribution in [-0.2, 0) is 9.59 Å². The van der Waals surface area contributed by atoms with Crippen LogP contribution in [0.15, 0.2) is 24.3 Å². The first kappa shape index (κ1) is 13.1. The summed E-state index contributed by atoms with van der Waals surface area (Å²) in [7, 11) is 0. The minimum absolute atomic E-state index is 0.237. The fraction of sp³-hybridized carbons (Fsp3) is 0.200. The zero-order chi connectivity index (χ0) is 13.1. The molecule has 6 nitrogen and oxygen atoms in total. The van der Waals surface area contributed by atoms with E-state index in [1.54, 1.807) is 0 Å². The fourth-order valence-electron chi connectivity index (χ4n) is 1.05. The first-order chi connectivity index (χ1) is 7.90. The number of carbonyl (C=O) groups is 2. The summed E-state index contributed by atoms with van der Waals surface area (Å²) in [5, 5.41) is 11.0. The van der Waals surface area contributed by atoms with Gasteiger partial charge in [-0.1, -0.05) is 0 Å². The molecule has 1 amide bonds. The van der Waals surface area contributed by atoms with E-state index in [0.29, 0.717) is 0 Å². The van der Waals surface area contributed by atoms with Crippen molar-refractivity contribution >= 4 is 17.6 Å². The molecule has 0 aromatic heterocycles. The van der Waals surface area contributed by atoms with Gasteiger partial charge in [0, 0.05) is 12.2 Å². The Morgan fingerprint density at radius 3 is 2.29 bits per heavy atom. The molecular formula is C10H12FN3O3. The van der Waals surface area contributed by atoms with Crippen molar-refractivity contribution < 1.29 is 19.1 Å². The van der Waals surface area contributed by atoms with Crippen LogP contribution in [-0.4, -0.2) is 29.1 Å². The maximum atomic E-state index is 12.6. The summed E-state index contributed by atoms with van der Waals surface area (Å²) < 4.78 is 12.6. The number of halogens is 1. The molecule has 0 fully saturated rings. The van der Waals surface area contributed by atoms with E-state index in [1.807, 2.05) is 0 Å². The summed E-state index contributed by atoms with van der Waals surface area (Å²) in [6, 6.07) is 4.81. The lowest BCUT2D eigenvalue weighted by atomic mass is 10.0. The molecule has 0 spiro atoms. The van der Waals surface area contributed by atoms with Crippen molar-refractivity contribution in [3.63, 3.8) is 0 Å². The molecule has 1 atom stereocenters. The van der Waals surface area contributed by atoms with Gasteiger partial charge in [-0.2, -0.15) is 0 Å². The summed E-state index contributed by atoms with van der Waals surface area (Å²) >= 11 is 0. The molecule has 1 aromatic carbocycles. The smallest absolute Gasteiger partial charge is 0.334 e. The third kappa shape index (κ3) is 2.77. The Balaban J connectivity index is 2.85. The minimum Gasteiger partial charge on any atom is -0.479 e. The van der Waals surface area contributed by atoms with E-state index in [9.17, 15) is 14.0 Å². The van der Waals surface area contributed by atoms with Crippen molar-refractivity contribution in [3.8, 4) is 0 Å². The molecule has 17 heavy (non-hydrogen) atoms. The Morgan fingerprint density at radius 1 is 1.35 bits per heavy atom. The predicted octanol–water partition coefficient (Wildman–Crippen LogP) is -0.495. The molecule has 0 aliphatic heterocycles. The molecule has 0 aliphatic rings. The predicted molar refractivity (Wildman–Crippen MR) is 58.6 cm³/mol.